The van der Waals surface area contributed by atoms with Gasteiger partial charge in [0.2, 0.25) is 0 Å². The van der Waals surface area contributed by atoms with Crippen LogP contribution in [0.2, 0.25) is 0 Å². The number of aryl methyl sites for hydroxylation is 1. The van der Waals surface area contributed by atoms with Crippen molar-refractivity contribution in [3.05, 3.63) is 62.7 Å². The highest BCUT2D eigenvalue weighted by atomic mass is 16.5. The Hall–Kier alpha value is -2.15. The molecule has 0 saturated heterocycles. The predicted molar refractivity (Wildman–Crippen MR) is 125 cm³/mol. The number of methoxy groups -OCH3 is 1. The van der Waals surface area contributed by atoms with Crippen LogP contribution < -0.4 is 10.2 Å². The largest absolute Gasteiger partial charge is 0.497 e. The number of rotatable bonds is 11. The molecule has 6 heteroatoms. The molecule has 0 unspecified atom stereocenters. The molecule has 2 aromatic rings. The average molecular weight is 447 g/mol. The summed E-state index contributed by atoms with van der Waals surface area (Å²) in [4.78, 5) is 12.7. The van der Waals surface area contributed by atoms with E-state index in [1.54, 1.807) is 21.0 Å². The van der Waals surface area contributed by atoms with Crippen molar-refractivity contribution in [2.75, 3.05) is 13.7 Å². The molecule has 0 amide bonds. The minimum absolute atomic E-state index is 0.0363. The van der Waals surface area contributed by atoms with Crippen molar-refractivity contribution in [1.29, 1.82) is 0 Å². The van der Waals surface area contributed by atoms with Gasteiger partial charge in [-0.1, -0.05) is 39.8 Å². The SMILES string of the molecule is CCc1oc([C@H](C)[C@H](O)[C@@H](C)[C@@H](OCc2ccc(OC)cc2)[C@@H](C)CO)c(C)c(=O)c1C. The lowest BCUT2D eigenvalue weighted by Crippen LogP contribution is -2.40. The number of aliphatic hydroxyl groups is 2. The van der Waals surface area contributed by atoms with Gasteiger partial charge >= 0.3 is 0 Å². The van der Waals surface area contributed by atoms with Gasteiger partial charge in [-0.05, 0) is 31.5 Å². The molecule has 0 aliphatic rings. The third-order valence-electron chi connectivity index (χ3n) is 6.46. The zero-order valence-corrected chi connectivity index (χ0v) is 20.3. The molecule has 6 nitrogen and oxygen atoms in total. The van der Waals surface area contributed by atoms with Gasteiger partial charge in [0.1, 0.15) is 17.3 Å². The molecule has 1 heterocycles. The Kier molecular flexibility index (Phi) is 9.49. The van der Waals surface area contributed by atoms with E-state index in [9.17, 15) is 15.0 Å². The van der Waals surface area contributed by atoms with Gasteiger partial charge < -0.3 is 24.1 Å². The summed E-state index contributed by atoms with van der Waals surface area (Å²) in [6.07, 6.45) is -0.594. The Morgan fingerprint density at radius 2 is 1.69 bits per heavy atom. The molecule has 5 atom stereocenters. The molecule has 0 fully saturated rings. The van der Waals surface area contributed by atoms with E-state index in [4.69, 9.17) is 13.9 Å². The van der Waals surface area contributed by atoms with Gasteiger partial charge in [0.15, 0.2) is 5.43 Å². The van der Waals surface area contributed by atoms with Crippen molar-refractivity contribution in [1.82, 2.24) is 0 Å². The fourth-order valence-corrected chi connectivity index (χ4v) is 4.23. The van der Waals surface area contributed by atoms with Crippen molar-refractivity contribution < 1.29 is 24.1 Å². The fourth-order valence-electron chi connectivity index (χ4n) is 4.23. The number of aliphatic hydroxyl groups excluding tert-OH is 2. The zero-order chi connectivity index (χ0) is 24.0. The van der Waals surface area contributed by atoms with Crippen molar-refractivity contribution in [3.8, 4) is 5.75 Å². The predicted octanol–water partition coefficient (Wildman–Crippen LogP) is 4.14. The minimum atomic E-state index is -0.820. The quantitative estimate of drug-likeness (QED) is 0.539. The summed E-state index contributed by atoms with van der Waals surface area (Å²) in [5, 5.41) is 21.0. The molecule has 2 N–H and O–H groups in total. The van der Waals surface area contributed by atoms with E-state index in [1.165, 1.54) is 0 Å². The van der Waals surface area contributed by atoms with E-state index in [1.807, 2.05) is 52.0 Å². The van der Waals surface area contributed by atoms with Crippen molar-refractivity contribution in [2.45, 2.75) is 72.7 Å². The molecule has 1 aromatic carbocycles. The highest BCUT2D eigenvalue weighted by Gasteiger charge is 2.35. The summed E-state index contributed by atoms with van der Waals surface area (Å²) in [5.74, 6) is 1.05. The van der Waals surface area contributed by atoms with Crippen LogP contribution in [0.3, 0.4) is 0 Å². The molecular formula is C26H38O6. The second kappa shape index (κ2) is 11.6. The van der Waals surface area contributed by atoms with E-state index in [-0.39, 0.29) is 30.0 Å². The summed E-state index contributed by atoms with van der Waals surface area (Å²) in [5.41, 5.74) is 2.09. The Balaban J connectivity index is 2.24. The maximum Gasteiger partial charge on any atom is 0.191 e. The first-order valence-electron chi connectivity index (χ1n) is 11.3. The van der Waals surface area contributed by atoms with E-state index in [2.05, 4.69) is 0 Å². The van der Waals surface area contributed by atoms with Crippen molar-refractivity contribution in [3.63, 3.8) is 0 Å². The van der Waals surface area contributed by atoms with Crippen LogP contribution in [0.15, 0.2) is 33.5 Å². The van der Waals surface area contributed by atoms with Crippen molar-refractivity contribution in [2.24, 2.45) is 11.8 Å². The zero-order valence-electron chi connectivity index (χ0n) is 20.3. The number of hydrogen-bond acceptors (Lipinski definition) is 6. The summed E-state index contributed by atoms with van der Waals surface area (Å²) < 4.78 is 17.4. The van der Waals surface area contributed by atoms with Gasteiger partial charge in [0.25, 0.3) is 0 Å². The van der Waals surface area contributed by atoms with E-state index < -0.39 is 12.0 Å². The van der Waals surface area contributed by atoms with Gasteiger partial charge in [-0.15, -0.1) is 0 Å². The first-order chi connectivity index (χ1) is 15.2. The summed E-state index contributed by atoms with van der Waals surface area (Å²) in [6.45, 7) is 11.4. The van der Waals surface area contributed by atoms with Crippen LogP contribution in [0.1, 0.15) is 61.8 Å². The molecule has 32 heavy (non-hydrogen) atoms. The highest BCUT2D eigenvalue weighted by Crippen LogP contribution is 2.32. The number of hydrogen-bond donors (Lipinski definition) is 2. The lowest BCUT2D eigenvalue weighted by molar-refractivity contribution is -0.0798. The lowest BCUT2D eigenvalue weighted by Gasteiger charge is -2.34. The van der Waals surface area contributed by atoms with Crippen molar-refractivity contribution >= 4 is 0 Å². The second-order valence-electron chi connectivity index (χ2n) is 8.74. The molecule has 0 radical (unpaired) electrons. The fraction of sp³-hybridized carbons (Fsp3) is 0.577. The van der Waals surface area contributed by atoms with Gasteiger partial charge in [0, 0.05) is 41.9 Å². The smallest absolute Gasteiger partial charge is 0.191 e. The Bertz CT molecular complexity index is 917. The van der Waals surface area contributed by atoms with Crippen LogP contribution in [0, 0.1) is 25.7 Å². The first-order valence-corrected chi connectivity index (χ1v) is 11.3. The van der Waals surface area contributed by atoms with E-state index in [0.29, 0.717) is 35.7 Å². The van der Waals surface area contributed by atoms with Crippen LogP contribution in [0.25, 0.3) is 0 Å². The third kappa shape index (κ3) is 5.80. The summed E-state index contributed by atoms with van der Waals surface area (Å²) in [6, 6.07) is 7.60. The molecule has 1 aromatic heterocycles. The molecule has 0 bridgehead atoms. The molecule has 0 aliphatic heterocycles. The number of benzene rings is 1. The molecule has 0 saturated carbocycles. The molecule has 178 valence electrons. The maximum absolute atomic E-state index is 12.7. The third-order valence-corrected chi connectivity index (χ3v) is 6.46. The monoisotopic (exact) mass is 446 g/mol. The van der Waals surface area contributed by atoms with E-state index >= 15 is 0 Å². The van der Waals surface area contributed by atoms with Crippen LogP contribution in [0.5, 0.6) is 5.75 Å². The van der Waals surface area contributed by atoms with Gasteiger partial charge in [-0.2, -0.15) is 0 Å². The molecular weight excluding hydrogens is 408 g/mol. The average Bonchev–Trinajstić information content (AvgIpc) is 2.81. The van der Waals surface area contributed by atoms with Crippen LogP contribution in [0.4, 0.5) is 0 Å². The normalized spacial score (nSPS) is 16.3. The summed E-state index contributed by atoms with van der Waals surface area (Å²) >= 11 is 0. The Morgan fingerprint density at radius 1 is 1.06 bits per heavy atom. The lowest BCUT2D eigenvalue weighted by atomic mass is 9.82. The number of ether oxygens (including phenoxy) is 2. The first kappa shape index (κ1) is 26.1. The van der Waals surface area contributed by atoms with E-state index in [0.717, 1.165) is 11.3 Å². The minimum Gasteiger partial charge on any atom is -0.497 e. The molecule has 2 rings (SSSR count). The summed E-state index contributed by atoms with van der Waals surface area (Å²) in [7, 11) is 1.62. The van der Waals surface area contributed by atoms with Gasteiger partial charge in [-0.3, -0.25) is 4.79 Å². The Labute approximate surface area is 191 Å². The van der Waals surface area contributed by atoms with Gasteiger partial charge in [0.05, 0.1) is 25.9 Å². The maximum atomic E-state index is 12.7. The van der Waals surface area contributed by atoms with Crippen LogP contribution in [-0.4, -0.2) is 36.1 Å². The highest BCUT2D eigenvalue weighted by molar-refractivity contribution is 5.28. The Morgan fingerprint density at radius 3 is 2.22 bits per heavy atom. The van der Waals surface area contributed by atoms with Crippen LogP contribution >= 0.6 is 0 Å². The van der Waals surface area contributed by atoms with Crippen LogP contribution in [-0.2, 0) is 17.8 Å². The van der Waals surface area contributed by atoms with Gasteiger partial charge in [-0.25, -0.2) is 0 Å². The molecule has 0 aliphatic carbocycles. The topological polar surface area (TPSA) is 89.1 Å². The molecule has 0 spiro atoms. The second-order valence-corrected chi connectivity index (χ2v) is 8.74. The standard InChI is InChI=1S/C26H38O6/c1-8-22-16(3)23(28)18(5)26(32-22)19(6)24(29)17(4)25(15(2)13-27)31-14-20-9-11-21(30-7)12-10-20/h9-12,15,17,19,24-25,27,29H,8,13-14H2,1-7H3/t15-,17+,19+,24+,25-/m0/s1.